The minimum atomic E-state index is -4.66. The van der Waals surface area contributed by atoms with Crippen molar-refractivity contribution in [2.24, 2.45) is 5.11 Å². The van der Waals surface area contributed by atoms with E-state index < -0.39 is 62.1 Å². The van der Waals surface area contributed by atoms with Crippen LogP contribution in [0.5, 0.6) is 0 Å². The summed E-state index contributed by atoms with van der Waals surface area (Å²) >= 11 is 0. The Morgan fingerprint density at radius 1 is 1.24 bits per heavy atom. The Labute approximate surface area is 205 Å². The lowest BCUT2D eigenvalue weighted by molar-refractivity contribution is -0.111. The molecule has 1 unspecified atom stereocenters. The highest BCUT2D eigenvalue weighted by atomic mass is 31.2. The lowest BCUT2D eigenvalue weighted by Crippen LogP contribution is -2.31. The Morgan fingerprint density at radius 3 is 2.86 bits per heavy atom. The van der Waals surface area contributed by atoms with Crippen LogP contribution in [0.4, 0.5) is 0 Å². The van der Waals surface area contributed by atoms with Crippen molar-refractivity contribution >= 4 is 19.0 Å². The van der Waals surface area contributed by atoms with Gasteiger partial charge in [0, 0.05) is 30.0 Å². The van der Waals surface area contributed by atoms with Crippen molar-refractivity contribution in [1.29, 1.82) is 0 Å². The highest BCUT2D eigenvalue weighted by molar-refractivity contribution is 7.47. The zero-order valence-electron chi connectivity index (χ0n) is 18.8. The smallest absolute Gasteiger partial charge is 0.352 e. The molecule has 19 heteroatoms. The number of rotatable bonds is 8. The van der Waals surface area contributed by atoms with Gasteiger partial charge >= 0.3 is 13.5 Å². The van der Waals surface area contributed by atoms with Crippen LogP contribution in [0.15, 0.2) is 44.4 Å². The number of aromatic amines is 2. The summed E-state index contributed by atoms with van der Waals surface area (Å²) < 4.78 is 36.8. The van der Waals surface area contributed by atoms with E-state index >= 15 is 0 Å². The predicted molar refractivity (Wildman–Crippen MR) is 121 cm³/mol. The number of hydrogen-bond donors (Lipinski definition) is 3. The minimum absolute atomic E-state index is 0.0593. The van der Waals surface area contributed by atoms with Gasteiger partial charge in [0.25, 0.3) is 11.1 Å². The Bertz CT molecular complexity index is 1570. The van der Waals surface area contributed by atoms with Gasteiger partial charge in [-0.1, -0.05) is 5.11 Å². The van der Waals surface area contributed by atoms with Crippen molar-refractivity contribution < 1.29 is 28.0 Å². The second-order valence-electron chi connectivity index (χ2n) is 8.18. The summed E-state index contributed by atoms with van der Waals surface area (Å²) in [5, 5.41) is 3.61. The molecule has 18 nitrogen and oxygen atoms in total. The maximum absolute atomic E-state index is 12.6. The summed E-state index contributed by atoms with van der Waals surface area (Å²) in [5.41, 5.74) is 7.55. The SMILES string of the molecule is [N-]=[N+]=N[C@H]1C[C@H](n2ccc(=O)[nH]c2=O)O[C@@H]1COP(=O)(O)O[C@@H]1CC[C@H](n2cnc3c(=O)[nH]cnc32)O1. The lowest BCUT2D eigenvalue weighted by Gasteiger charge is -2.21. The summed E-state index contributed by atoms with van der Waals surface area (Å²) in [7, 11) is -4.66. The van der Waals surface area contributed by atoms with Crippen molar-refractivity contribution in [2.45, 2.75) is 50.2 Å². The van der Waals surface area contributed by atoms with E-state index in [0.29, 0.717) is 6.42 Å². The number of azide groups is 1. The highest BCUT2D eigenvalue weighted by Crippen LogP contribution is 2.48. The fourth-order valence-corrected chi connectivity index (χ4v) is 5.02. The van der Waals surface area contributed by atoms with Crippen LogP contribution in [0.3, 0.4) is 0 Å². The quantitative estimate of drug-likeness (QED) is 0.154. The molecule has 0 spiro atoms. The van der Waals surface area contributed by atoms with E-state index in [2.05, 4.69) is 30.0 Å². The first-order chi connectivity index (χ1) is 17.7. The van der Waals surface area contributed by atoms with Crippen molar-refractivity contribution in [3.8, 4) is 0 Å². The fraction of sp³-hybridized carbons (Fsp3) is 0.500. The Hall–Kier alpha value is -3.63. The first kappa shape index (κ1) is 25.0. The molecule has 3 aromatic rings. The first-order valence-corrected chi connectivity index (χ1v) is 12.5. The summed E-state index contributed by atoms with van der Waals surface area (Å²) in [4.78, 5) is 60.8. The van der Waals surface area contributed by atoms with E-state index in [0.717, 1.165) is 10.6 Å². The number of phosphoric ester groups is 1. The van der Waals surface area contributed by atoms with Gasteiger partial charge in [0.2, 0.25) is 0 Å². The Balaban J connectivity index is 1.21. The van der Waals surface area contributed by atoms with E-state index in [9.17, 15) is 23.8 Å². The number of phosphoric acid groups is 1. The molecule has 0 radical (unpaired) electrons. The maximum atomic E-state index is 12.6. The van der Waals surface area contributed by atoms with Crippen molar-refractivity contribution in [3.63, 3.8) is 0 Å². The van der Waals surface area contributed by atoms with Crippen LogP contribution in [-0.2, 0) is 23.1 Å². The number of ether oxygens (including phenoxy) is 2. The summed E-state index contributed by atoms with van der Waals surface area (Å²) in [5.74, 6) is 0. The van der Waals surface area contributed by atoms with E-state index in [-0.39, 0.29) is 24.0 Å². The molecule has 5 heterocycles. The van der Waals surface area contributed by atoms with Gasteiger partial charge in [-0.2, -0.15) is 0 Å². The second kappa shape index (κ2) is 10.0. The molecule has 0 amide bonds. The van der Waals surface area contributed by atoms with Crippen LogP contribution in [0.1, 0.15) is 31.7 Å². The van der Waals surface area contributed by atoms with Crippen molar-refractivity contribution in [2.75, 3.05) is 6.61 Å². The zero-order valence-corrected chi connectivity index (χ0v) is 19.7. The molecule has 2 aliphatic rings. The monoisotopic (exact) mass is 537 g/mol. The van der Waals surface area contributed by atoms with Gasteiger partial charge in [-0.3, -0.25) is 32.8 Å². The fourth-order valence-electron chi connectivity index (χ4n) is 4.17. The van der Waals surface area contributed by atoms with E-state index in [1.807, 2.05) is 0 Å². The number of nitrogens with zero attached hydrogens (tertiary/aromatic N) is 7. The van der Waals surface area contributed by atoms with Crippen LogP contribution in [0.25, 0.3) is 21.6 Å². The highest BCUT2D eigenvalue weighted by Gasteiger charge is 2.40. The maximum Gasteiger partial charge on any atom is 0.474 e. The summed E-state index contributed by atoms with van der Waals surface area (Å²) in [6.45, 7) is -0.499. The number of imidazole rings is 1. The number of nitrogens with one attached hydrogen (secondary N) is 2. The Kier molecular flexibility index (Phi) is 6.78. The molecule has 0 aliphatic carbocycles. The molecule has 5 rings (SSSR count). The minimum Gasteiger partial charge on any atom is -0.352 e. The average molecular weight is 537 g/mol. The molecule has 3 N–H and O–H groups in total. The molecular formula is C18H20N9O9P. The van der Waals surface area contributed by atoms with Crippen LogP contribution in [0, 0.1) is 0 Å². The third-order valence-electron chi connectivity index (χ3n) is 5.85. The van der Waals surface area contributed by atoms with Gasteiger partial charge in [-0.25, -0.2) is 19.3 Å². The van der Waals surface area contributed by atoms with E-state index in [4.69, 9.17) is 24.1 Å². The van der Waals surface area contributed by atoms with E-state index in [1.165, 1.54) is 23.4 Å². The predicted octanol–water partition coefficient (Wildman–Crippen LogP) is 0.405. The molecule has 3 aromatic heterocycles. The van der Waals surface area contributed by atoms with Crippen molar-refractivity contribution in [1.82, 2.24) is 29.1 Å². The largest absolute Gasteiger partial charge is 0.474 e. The molecule has 6 atom stereocenters. The lowest BCUT2D eigenvalue weighted by atomic mass is 10.1. The summed E-state index contributed by atoms with van der Waals surface area (Å²) in [6.07, 6.45) is 0.874. The van der Waals surface area contributed by atoms with Gasteiger partial charge in [0.15, 0.2) is 17.5 Å². The number of aromatic nitrogens is 6. The van der Waals surface area contributed by atoms with Gasteiger partial charge in [-0.05, 0) is 12.0 Å². The number of H-pyrrole nitrogens is 2. The molecule has 37 heavy (non-hydrogen) atoms. The van der Waals surface area contributed by atoms with E-state index in [1.54, 1.807) is 0 Å². The average Bonchev–Trinajstić information content (AvgIpc) is 3.57. The number of fused-ring (bicyclic) bond motifs is 1. The molecular weight excluding hydrogens is 517 g/mol. The molecule has 0 aromatic carbocycles. The third kappa shape index (κ3) is 5.26. The number of hydrogen-bond acceptors (Lipinski definition) is 11. The normalized spacial score (nSPS) is 27.2. The van der Waals surface area contributed by atoms with Crippen LogP contribution in [0.2, 0.25) is 0 Å². The third-order valence-corrected chi connectivity index (χ3v) is 6.83. The molecule has 2 aliphatic heterocycles. The van der Waals surface area contributed by atoms with Gasteiger partial charge in [-0.15, -0.1) is 0 Å². The van der Waals surface area contributed by atoms with Crippen LogP contribution in [-0.4, -0.2) is 59.0 Å². The first-order valence-electron chi connectivity index (χ1n) is 11.0. The van der Waals surface area contributed by atoms with Gasteiger partial charge in [0.1, 0.15) is 12.5 Å². The van der Waals surface area contributed by atoms with Crippen LogP contribution < -0.4 is 16.8 Å². The topological polar surface area (TPSA) is 241 Å². The molecule has 2 saturated heterocycles. The molecule has 2 fully saturated rings. The Morgan fingerprint density at radius 2 is 2.08 bits per heavy atom. The van der Waals surface area contributed by atoms with Crippen molar-refractivity contribution in [3.05, 3.63) is 66.6 Å². The van der Waals surface area contributed by atoms with Crippen LogP contribution >= 0.6 is 7.82 Å². The van der Waals surface area contributed by atoms with Gasteiger partial charge in [0.05, 0.1) is 31.4 Å². The standard InChI is InChI=1S/C18H20N9O9P/c19-25-24-9-5-13(26-4-3-11(28)23-18(26)30)34-10(9)6-33-37(31,32)36-14-2-1-12(35-14)27-8-22-15-16(27)20-7-21-17(15)29/h3-4,7-10,12-14H,1-2,5-6H2,(H,31,32)(H,20,21,29)(H,23,28,30)/t9-,10+,12+,13+,14+/m0/s1. The second-order valence-corrected chi connectivity index (χ2v) is 9.58. The molecule has 0 saturated carbocycles. The molecule has 196 valence electrons. The summed E-state index contributed by atoms with van der Waals surface area (Å²) in [6, 6.07) is 0.300. The molecule has 0 bridgehead atoms. The van der Waals surface area contributed by atoms with Gasteiger partial charge < -0.3 is 19.4 Å². The zero-order chi connectivity index (χ0) is 26.2.